The molecule has 3 heterocycles. The molecule has 0 aliphatic carbocycles. The fraction of sp³-hybridized carbons (Fsp3) is 0.474. The maximum absolute atomic E-state index is 14.3. The van der Waals surface area contributed by atoms with Crippen LogP contribution in [0.25, 0.3) is 11.2 Å². The van der Waals surface area contributed by atoms with Crippen LogP contribution >= 0.6 is 11.6 Å². The van der Waals surface area contributed by atoms with Crippen LogP contribution in [0.1, 0.15) is 38.6 Å². The van der Waals surface area contributed by atoms with E-state index in [0.717, 1.165) is 12.1 Å². The van der Waals surface area contributed by atoms with Crippen molar-refractivity contribution in [2.45, 2.75) is 45.1 Å². The second-order valence-electron chi connectivity index (χ2n) is 8.39. The Hall–Kier alpha value is -2.49. The fourth-order valence-corrected chi connectivity index (χ4v) is 3.50. The third-order valence-electron chi connectivity index (χ3n) is 4.93. The van der Waals surface area contributed by atoms with E-state index < -0.39 is 29.5 Å². The van der Waals surface area contributed by atoms with Gasteiger partial charge in [-0.1, -0.05) is 37.6 Å². The number of alkyl halides is 2. The van der Waals surface area contributed by atoms with Gasteiger partial charge in [-0.25, -0.2) is 32.2 Å². The van der Waals surface area contributed by atoms with Crippen molar-refractivity contribution >= 4 is 28.6 Å². The van der Waals surface area contributed by atoms with Crippen LogP contribution in [0.3, 0.4) is 0 Å². The molecule has 1 saturated heterocycles. The summed E-state index contributed by atoms with van der Waals surface area (Å²) in [4.78, 5) is 10.5. The zero-order chi connectivity index (χ0) is 21.8. The van der Waals surface area contributed by atoms with Crippen molar-refractivity contribution in [3.05, 3.63) is 40.2 Å². The van der Waals surface area contributed by atoms with E-state index in [1.54, 1.807) is 0 Å². The molecule has 1 aliphatic heterocycles. The third kappa shape index (κ3) is 3.68. The first kappa shape index (κ1) is 20.8. The van der Waals surface area contributed by atoms with E-state index in [1.165, 1.54) is 9.58 Å². The lowest BCUT2D eigenvalue weighted by atomic mass is 9.96. The van der Waals surface area contributed by atoms with E-state index in [9.17, 15) is 17.6 Å². The molecule has 1 aliphatic rings. The maximum atomic E-state index is 14.3. The van der Waals surface area contributed by atoms with Crippen molar-refractivity contribution in [1.82, 2.24) is 25.0 Å². The van der Waals surface area contributed by atoms with Crippen molar-refractivity contribution < 1.29 is 17.6 Å². The van der Waals surface area contributed by atoms with Crippen molar-refractivity contribution in [2.75, 3.05) is 18.0 Å². The molecule has 11 heteroatoms. The molecule has 0 bridgehead atoms. The van der Waals surface area contributed by atoms with Crippen molar-refractivity contribution in [1.29, 1.82) is 0 Å². The van der Waals surface area contributed by atoms with Crippen LogP contribution in [-0.4, -0.2) is 44.0 Å². The summed E-state index contributed by atoms with van der Waals surface area (Å²) in [7, 11) is 0. The van der Waals surface area contributed by atoms with Gasteiger partial charge in [0, 0.05) is 23.9 Å². The van der Waals surface area contributed by atoms with E-state index in [-0.39, 0.29) is 47.1 Å². The topological polar surface area (TPSA) is 59.7 Å². The molecule has 0 spiro atoms. The second-order valence-corrected chi connectivity index (χ2v) is 8.77. The van der Waals surface area contributed by atoms with Crippen LogP contribution in [0.5, 0.6) is 0 Å². The molecule has 6 nitrogen and oxygen atoms in total. The van der Waals surface area contributed by atoms with Crippen LogP contribution in [0.2, 0.25) is 5.02 Å². The summed E-state index contributed by atoms with van der Waals surface area (Å²) in [6.45, 7) is 5.05. The smallest absolute Gasteiger partial charge is 0.266 e. The van der Waals surface area contributed by atoms with Crippen molar-refractivity contribution in [2.24, 2.45) is 0 Å². The zero-order valence-corrected chi connectivity index (χ0v) is 17.3. The Bertz CT molecular complexity index is 1120. The number of hydrogen-bond acceptors (Lipinski definition) is 5. The van der Waals surface area contributed by atoms with Crippen LogP contribution in [0.15, 0.2) is 12.1 Å². The largest absolute Gasteiger partial charge is 0.348 e. The quantitative estimate of drug-likeness (QED) is 0.446. The molecule has 0 unspecified atom stereocenters. The van der Waals surface area contributed by atoms with E-state index in [1.807, 2.05) is 20.8 Å². The molecule has 3 aromatic rings. The third-order valence-corrected chi connectivity index (χ3v) is 5.34. The molecule has 30 heavy (non-hydrogen) atoms. The number of nitrogens with zero attached hydrogens (tertiary/aromatic N) is 6. The Morgan fingerprint density at radius 2 is 1.83 bits per heavy atom. The summed E-state index contributed by atoms with van der Waals surface area (Å²) in [5.74, 6) is -3.64. The number of fused-ring (bicyclic) bond motifs is 1. The standard InChI is InChI=1S/C19H19ClF4N6/c1-18(2,3)17-25-15(29-7-6-19(23,24)9-29)14-16(26-17)30(28-27-14)8-10-11(21)4-5-12(22)13(10)20/h4-5H,6-9H2,1-3H3. The molecule has 1 fully saturated rings. The van der Waals surface area contributed by atoms with Gasteiger partial charge in [0.1, 0.15) is 17.5 Å². The molecule has 2 aromatic heterocycles. The number of rotatable bonds is 3. The van der Waals surface area contributed by atoms with Crippen LogP contribution in [-0.2, 0) is 12.0 Å². The summed E-state index contributed by atoms with van der Waals surface area (Å²) in [6.07, 6.45) is -0.290. The molecular formula is C19H19ClF4N6. The summed E-state index contributed by atoms with van der Waals surface area (Å²) in [5, 5.41) is 7.69. The highest BCUT2D eigenvalue weighted by Gasteiger charge is 2.40. The molecule has 1 aromatic carbocycles. The Balaban J connectivity index is 1.86. The Kier molecular flexibility index (Phi) is 4.87. The minimum absolute atomic E-state index is 0.103. The summed E-state index contributed by atoms with van der Waals surface area (Å²) in [5.41, 5.74) is -0.149. The number of halogens is 5. The first-order chi connectivity index (χ1) is 14.0. The zero-order valence-electron chi connectivity index (χ0n) is 16.6. The predicted molar refractivity (Wildman–Crippen MR) is 104 cm³/mol. The summed E-state index contributed by atoms with van der Waals surface area (Å²) in [6, 6.07) is 1.91. The van der Waals surface area contributed by atoms with Gasteiger partial charge in [0.15, 0.2) is 17.0 Å². The molecule has 160 valence electrons. The number of anilines is 1. The first-order valence-corrected chi connectivity index (χ1v) is 9.71. The molecule has 0 atom stereocenters. The summed E-state index contributed by atoms with van der Waals surface area (Å²) >= 11 is 5.94. The monoisotopic (exact) mass is 442 g/mol. The molecule has 0 N–H and O–H groups in total. The SMILES string of the molecule is CC(C)(C)c1nc(N2CCC(F)(F)C2)c2nnn(Cc3c(F)ccc(F)c3Cl)c2n1. The Morgan fingerprint density at radius 1 is 1.13 bits per heavy atom. The van der Waals surface area contributed by atoms with Crippen LogP contribution in [0, 0.1) is 11.6 Å². The van der Waals surface area contributed by atoms with E-state index in [0.29, 0.717) is 5.82 Å². The van der Waals surface area contributed by atoms with Crippen molar-refractivity contribution in [3.63, 3.8) is 0 Å². The van der Waals surface area contributed by atoms with E-state index in [2.05, 4.69) is 20.3 Å². The lowest BCUT2D eigenvalue weighted by Gasteiger charge is -2.22. The second kappa shape index (κ2) is 7.04. The minimum Gasteiger partial charge on any atom is -0.348 e. The van der Waals surface area contributed by atoms with Gasteiger partial charge in [0.2, 0.25) is 0 Å². The fourth-order valence-electron chi connectivity index (χ4n) is 3.28. The van der Waals surface area contributed by atoms with E-state index in [4.69, 9.17) is 11.6 Å². The van der Waals surface area contributed by atoms with Gasteiger partial charge in [0.25, 0.3) is 5.92 Å². The highest BCUT2D eigenvalue weighted by molar-refractivity contribution is 6.31. The molecule has 0 radical (unpaired) electrons. The molecule has 0 amide bonds. The van der Waals surface area contributed by atoms with Gasteiger partial charge in [-0.2, -0.15) is 0 Å². The molecule has 0 saturated carbocycles. The first-order valence-electron chi connectivity index (χ1n) is 9.33. The average Bonchev–Trinajstić information content (AvgIpc) is 3.23. The van der Waals surface area contributed by atoms with Gasteiger partial charge < -0.3 is 4.90 Å². The minimum atomic E-state index is -2.83. The average molecular weight is 443 g/mol. The number of hydrogen-bond donors (Lipinski definition) is 0. The van der Waals surface area contributed by atoms with E-state index >= 15 is 0 Å². The number of benzene rings is 1. The highest BCUT2D eigenvalue weighted by Crippen LogP contribution is 2.34. The van der Waals surface area contributed by atoms with Gasteiger partial charge in [-0.3, -0.25) is 0 Å². The normalized spacial score (nSPS) is 16.6. The Labute approximate surface area is 174 Å². The lowest BCUT2D eigenvalue weighted by Crippen LogP contribution is -2.27. The van der Waals surface area contributed by atoms with Crippen LogP contribution in [0.4, 0.5) is 23.4 Å². The molecular weight excluding hydrogens is 424 g/mol. The van der Waals surface area contributed by atoms with Gasteiger partial charge in [-0.15, -0.1) is 5.10 Å². The van der Waals surface area contributed by atoms with Gasteiger partial charge >= 0.3 is 0 Å². The van der Waals surface area contributed by atoms with Gasteiger partial charge in [0.05, 0.1) is 18.1 Å². The maximum Gasteiger partial charge on any atom is 0.266 e. The van der Waals surface area contributed by atoms with Crippen LogP contribution < -0.4 is 4.90 Å². The van der Waals surface area contributed by atoms with Crippen molar-refractivity contribution in [3.8, 4) is 0 Å². The lowest BCUT2D eigenvalue weighted by molar-refractivity contribution is 0.0257. The number of aromatic nitrogens is 5. The predicted octanol–water partition coefficient (Wildman–Crippen LogP) is 4.34. The highest BCUT2D eigenvalue weighted by atomic mass is 35.5. The summed E-state index contributed by atoms with van der Waals surface area (Å²) < 4.78 is 57.0. The molecule has 4 rings (SSSR count). The van der Waals surface area contributed by atoms with Gasteiger partial charge in [-0.05, 0) is 12.1 Å². The Morgan fingerprint density at radius 3 is 2.47 bits per heavy atom.